The maximum atomic E-state index is 12.6. The lowest BCUT2D eigenvalue weighted by Crippen LogP contribution is -2.38. The second-order valence-electron chi connectivity index (χ2n) is 6.07. The average Bonchev–Trinajstić information content (AvgIpc) is 3.01. The number of hydrogen-bond donors (Lipinski definition) is 1. The highest BCUT2D eigenvalue weighted by molar-refractivity contribution is 6.10. The van der Waals surface area contributed by atoms with Crippen LogP contribution in [0.5, 0.6) is 11.5 Å². The van der Waals surface area contributed by atoms with Crippen LogP contribution in [0.3, 0.4) is 0 Å². The van der Waals surface area contributed by atoms with E-state index in [0.29, 0.717) is 17.1 Å². The van der Waals surface area contributed by atoms with E-state index >= 15 is 0 Å². The molecule has 1 atom stereocenters. The first kappa shape index (κ1) is 16.2. The Labute approximate surface area is 149 Å². The molecule has 6 nitrogen and oxygen atoms in total. The van der Waals surface area contributed by atoms with E-state index < -0.39 is 12.1 Å². The standard InChI is InChI=1S/C20H17NO5/c1-12-19(13-6-2-3-7-14(13)21-12)15(22)10-25-20(23)18-11-24-16-8-4-5-9-17(16)26-18/h2-9,18,21H,10-11H2,1H3/t18-/m1/s1. The van der Waals surface area contributed by atoms with Crippen LogP contribution in [0.4, 0.5) is 0 Å². The lowest BCUT2D eigenvalue weighted by atomic mass is 10.1. The number of rotatable bonds is 4. The third-order valence-corrected chi connectivity index (χ3v) is 4.29. The number of carbonyl (C=O) groups excluding carboxylic acids is 2. The van der Waals surface area contributed by atoms with Crippen molar-refractivity contribution in [1.82, 2.24) is 4.98 Å². The monoisotopic (exact) mass is 351 g/mol. The highest BCUT2D eigenvalue weighted by atomic mass is 16.6. The molecule has 2 heterocycles. The van der Waals surface area contributed by atoms with Crippen LogP contribution in [0.2, 0.25) is 0 Å². The lowest BCUT2D eigenvalue weighted by molar-refractivity contribution is -0.153. The van der Waals surface area contributed by atoms with E-state index in [9.17, 15) is 9.59 Å². The van der Waals surface area contributed by atoms with Gasteiger partial charge in [-0.25, -0.2) is 4.79 Å². The van der Waals surface area contributed by atoms with Crippen LogP contribution < -0.4 is 9.47 Å². The summed E-state index contributed by atoms with van der Waals surface area (Å²) in [6.45, 7) is 1.53. The average molecular weight is 351 g/mol. The highest BCUT2D eigenvalue weighted by Crippen LogP contribution is 2.31. The van der Waals surface area contributed by atoms with Gasteiger partial charge in [-0.15, -0.1) is 0 Å². The van der Waals surface area contributed by atoms with Gasteiger partial charge in [-0.05, 0) is 25.1 Å². The van der Waals surface area contributed by atoms with Crippen molar-refractivity contribution in [2.75, 3.05) is 13.2 Å². The molecule has 0 saturated carbocycles. The molecule has 1 aliphatic rings. The van der Waals surface area contributed by atoms with E-state index in [0.717, 1.165) is 16.6 Å². The van der Waals surface area contributed by atoms with Crippen LogP contribution in [-0.2, 0) is 9.53 Å². The molecule has 0 aliphatic carbocycles. The van der Waals surface area contributed by atoms with Crippen molar-refractivity contribution >= 4 is 22.7 Å². The summed E-state index contributed by atoms with van der Waals surface area (Å²) in [5.41, 5.74) is 2.17. The summed E-state index contributed by atoms with van der Waals surface area (Å²) >= 11 is 0. The lowest BCUT2D eigenvalue weighted by Gasteiger charge is -2.24. The zero-order valence-electron chi connectivity index (χ0n) is 14.2. The maximum absolute atomic E-state index is 12.6. The Kier molecular flexibility index (Phi) is 4.08. The van der Waals surface area contributed by atoms with Crippen molar-refractivity contribution in [3.05, 3.63) is 59.8 Å². The molecule has 3 aromatic rings. The predicted octanol–water partition coefficient (Wildman–Crippen LogP) is 3.04. The molecule has 0 unspecified atom stereocenters. The van der Waals surface area contributed by atoms with E-state index in [1.807, 2.05) is 37.3 Å². The van der Waals surface area contributed by atoms with Crippen molar-refractivity contribution in [3.8, 4) is 11.5 Å². The minimum atomic E-state index is -0.887. The molecular weight excluding hydrogens is 334 g/mol. The fourth-order valence-corrected chi connectivity index (χ4v) is 3.07. The number of para-hydroxylation sites is 3. The van der Waals surface area contributed by atoms with Crippen molar-refractivity contribution in [3.63, 3.8) is 0 Å². The molecule has 0 radical (unpaired) electrons. The molecule has 26 heavy (non-hydrogen) atoms. The third-order valence-electron chi connectivity index (χ3n) is 4.29. The molecule has 132 valence electrons. The number of esters is 1. The zero-order chi connectivity index (χ0) is 18.1. The number of fused-ring (bicyclic) bond motifs is 2. The number of aromatic amines is 1. The molecule has 0 amide bonds. The second-order valence-corrected chi connectivity index (χ2v) is 6.07. The predicted molar refractivity (Wildman–Crippen MR) is 94.7 cm³/mol. The Hall–Kier alpha value is -3.28. The molecule has 1 aromatic heterocycles. The number of hydrogen-bond acceptors (Lipinski definition) is 5. The van der Waals surface area contributed by atoms with Gasteiger partial charge in [-0.3, -0.25) is 4.79 Å². The largest absolute Gasteiger partial charge is 0.485 e. The molecule has 1 N–H and O–H groups in total. The molecule has 4 rings (SSSR count). The number of carbonyl (C=O) groups is 2. The number of ether oxygens (including phenoxy) is 3. The molecule has 0 fully saturated rings. The quantitative estimate of drug-likeness (QED) is 0.577. The molecule has 0 bridgehead atoms. The van der Waals surface area contributed by atoms with Crippen LogP contribution in [-0.4, -0.2) is 36.1 Å². The van der Waals surface area contributed by atoms with E-state index in [2.05, 4.69) is 4.98 Å². The van der Waals surface area contributed by atoms with Crippen LogP contribution in [0, 0.1) is 6.92 Å². The molecule has 0 spiro atoms. The van der Waals surface area contributed by atoms with Crippen LogP contribution in [0.15, 0.2) is 48.5 Å². The van der Waals surface area contributed by atoms with Gasteiger partial charge in [-0.2, -0.15) is 0 Å². The smallest absolute Gasteiger partial charge is 0.351 e. The second kappa shape index (κ2) is 6.55. The molecule has 2 aromatic carbocycles. The van der Waals surface area contributed by atoms with Gasteiger partial charge in [-0.1, -0.05) is 30.3 Å². The molecule has 1 aliphatic heterocycles. The van der Waals surface area contributed by atoms with Gasteiger partial charge in [0.05, 0.1) is 0 Å². The van der Waals surface area contributed by atoms with Gasteiger partial charge >= 0.3 is 5.97 Å². The number of aromatic nitrogens is 1. The normalized spacial score (nSPS) is 15.7. The maximum Gasteiger partial charge on any atom is 0.351 e. The first-order valence-corrected chi connectivity index (χ1v) is 8.29. The fourth-order valence-electron chi connectivity index (χ4n) is 3.07. The number of nitrogens with one attached hydrogen (secondary N) is 1. The Bertz CT molecular complexity index is 991. The summed E-state index contributed by atoms with van der Waals surface area (Å²) in [6, 6.07) is 14.6. The summed E-state index contributed by atoms with van der Waals surface area (Å²) in [5.74, 6) is 0.192. The van der Waals surface area contributed by atoms with Crippen molar-refractivity contribution in [2.24, 2.45) is 0 Å². The minimum absolute atomic E-state index is 0.0517. The number of benzene rings is 2. The number of H-pyrrole nitrogens is 1. The van der Waals surface area contributed by atoms with E-state index in [4.69, 9.17) is 14.2 Å². The topological polar surface area (TPSA) is 77.6 Å². The molecular formula is C20H17NO5. The van der Waals surface area contributed by atoms with Crippen LogP contribution in [0.1, 0.15) is 16.1 Å². The summed E-state index contributed by atoms with van der Waals surface area (Å²) in [5, 5.41) is 0.817. The van der Waals surface area contributed by atoms with Crippen LogP contribution in [0.25, 0.3) is 10.9 Å². The van der Waals surface area contributed by atoms with Crippen molar-refractivity contribution in [1.29, 1.82) is 0 Å². The Morgan fingerprint density at radius 2 is 1.85 bits per heavy atom. The van der Waals surface area contributed by atoms with Gasteiger partial charge in [0, 0.05) is 22.2 Å². The zero-order valence-corrected chi connectivity index (χ0v) is 14.2. The molecule has 0 saturated heterocycles. The van der Waals surface area contributed by atoms with Crippen LogP contribution >= 0.6 is 0 Å². The Morgan fingerprint density at radius 3 is 2.69 bits per heavy atom. The van der Waals surface area contributed by atoms with Crippen molar-refractivity contribution < 1.29 is 23.8 Å². The summed E-state index contributed by atoms with van der Waals surface area (Å²) in [6.07, 6.45) is -0.887. The van der Waals surface area contributed by atoms with Crippen molar-refractivity contribution in [2.45, 2.75) is 13.0 Å². The first-order chi connectivity index (χ1) is 12.6. The SMILES string of the molecule is Cc1[nH]c2ccccc2c1C(=O)COC(=O)[C@H]1COc2ccccc2O1. The van der Waals surface area contributed by atoms with E-state index in [-0.39, 0.29) is 19.0 Å². The Balaban J connectivity index is 1.43. The summed E-state index contributed by atoms with van der Waals surface area (Å²) in [4.78, 5) is 28.0. The van der Waals surface area contributed by atoms with Gasteiger partial charge in [0.25, 0.3) is 0 Å². The summed E-state index contributed by atoms with van der Waals surface area (Å²) < 4.78 is 16.3. The van der Waals surface area contributed by atoms with E-state index in [1.54, 1.807) is 18.2 Å². The van der Waals surface area contributed by atoms with Gasteiger partial charge in [0.15, 0.2) is 18.1 Å². The minimum Gasteiger partial charge on any atom is -0.485 e. The van der Waals surface area contributed by atoms with E-state index in [1.165, 1.54) is 0 Å². The number of aryl methyl sites for hydroxylation is 1. The fraction of sp³-hybridized carbons (Fsp3) is 0.200. The summed E-state index contributed by atoms with van der Waals surface area (Å²) in [7, 11) is 0. The van der Waals surface area contributed by atoms with Gasteiger partial charge in [0.2, 0.25) is 11.9 Å². The van der Waals surface area contributed by atoms with Gasteiger partial charge < -0.3 is 19.2 Å². The Morgan fingerprint density at radius 1 is 1.12 bits per heavy atom. The first-order valence-electron chi connectivity index (χ1n) is 8.29. The van der Waals surface area contributed by atoms with Gasteiger partial charge in [0.1, 0.15) is 6.61 Å². The number of ketones is 1. The number of Topliss-reactive ketones (excluding diaryl/α,β-unsaturated/α-hetero) is 1. The molecule has 6 heteroatoms. The highest BCUT2D eigenvalue weighted by Gasteiger charge is 2.29. The third kappa shape index (κ3) is 2.90.